The summed E-state index contributed by atoms with van der Waals surface area (Å²) in [6.07, 6.45) is 3.53. The first-order valence-electron chi connectivity index (χ1n) is 3.23. The number of rotatable bonds is 1. The number of thioether (sulfide) groups is 1. The molecule has 0 atom stereocenters. The van der Waals surface area contributed by atoms with Crippen LogP contribution < -0.4 is 0 Å². The molecule has 6 heteroatoms. The zero-order chi connectivity index (χ0) is 8.55. The Labute approximate surface area is 77.9 Å². The molecule has 0 saturated carbocycles. The van der Waals surface area contributed by atoms with Crippen molar-refractivity contribution in [1.29, 1.82) is 0 Å². The first-order chi connectivity index (χ1) is 5.81. The van der Waals surface area contributed by atoms with E-state index in [1.165, 1.54) is 16.4 Å². The van der Waals surface area contributed by atoms with Gasteiger partial charge in [0.15, 0.2) is 5.15 Å². The summed E-state index contributed by atoms with van der Waals surface area (Å²) in [5.41, 5.74) is 0.731. The third kappa shape index (κ3) is 1.15. The predicted octanol–water partition coefficient (Wildman–Crippen LogP) is 1.50. The molecule has 4 nitrogen and oxygen atoms in total. The van der Waals surface area contributed by atoms with Gasteiger partial charge in [-0.25, -0.2) is 4.98 Å². The van der Waals surface area contributed by atoms with Crippen LogP contribution in [0.5, 0.6) is 0 Å². The second-order valence-corrected chi connectivity index (χ2v) is 3.23. The lowest BCUT2D eigenvalue weighted by atomic mass is 10.6. The zero-order valence-corrected chi connectivity index (χ0v) is 7.80. The second-order valence-electron chi connectivity index (χ2n) is 2.10. The van der Waals surface area contributed by atoms with Crippen LogP contribution >= 0.6 is 23.4 Å². The smallest absolute Gasteiger partial charge is 0.207 e. The van der Waals surface area contributed by atoms with Crippen molar-refractivity contribution in [2.75, 3.05) is 6.26 Å². The first kappa shape index (κ1) is 7.82. The first-order valence-corrected chi connectivity index (χ1v) is 4.83. The van der Waals surface area contributed by atoms with E-state index in [9.17, 15) is 0 Å². The number of hydrogen-bond donors (Lipinski definition) is 0. The number of hydrogen-bond acceptors (Lipinski definition) is 4. The van der Waals surface area contributed by atoms with Crippen LogP contribution in [0.3, 0.4) is 0 Å². The highest BCUT2D eigenvalue weighted by Crippen LogP contribution is 2.16. The largest absolute Gasteiger partial charge is 0.210 e. The minimum Gasteiger partial charge on any atom is -0.207 e. The van der Waals surface area contributed by atoms with Crippen LogP contribution in [0, 0.1) is 0 Å². The Bertz CT molecular complexity index is 413. The normalized spacial score (nSPS) is 10.8. The summed E-state index contributed by atoms with van der Waals surface area (Å²) in [6.45, 7) is 0. The highest BCUT2D eigenvalue weighted by Gasteiger charge is 2.04. The van der Waals surface area contributed by atoms with Crippen LogP contribution in [-0.4, -0.2) is 26.1 Å². The molecule has 2 aromatic heterocycles. The molecule has 2 rings (SSSR count). The predicted molar refractivity (Wildman–Crippen MR) is 47.6 cm³/mol. The van der Waals surface area contributed by atoms with Crippen molar-refractivity contribution < 1.29 is 0 Å². The van der Waals surface area contributed by atoms with E-state index < -0.39 is 0 Å². The fraction of sp³-hybridized carbons (Fsp3) is 0.167. The lowest BCUT2D eigenvalue weighted by Crippen LogP contribution is -1.98. The molecule has 0 amide bonds. The Morgan fingerprint density at radius 1 is 1.58 bits per heavy atom. The summed E-state index contributed by atoms with van der Waals surface area (Å²) >= 11 is 7.29. The Kier molecular flexibility index (Phi) is 1.90. The third-order valence-electron chi connectivity index (χ3n) is 1.39. The fourth-order valence-electron chi connectivity index (χ4n) is 0.858. The van der Waals surface area contributed by atoms with Gasteiger partial charge >= 0.3 is 0 Å². The van der Waals surface area contributed by atoms with Crippen molar-refractivity contribution in [3.63, 3.8) is 0 Å². The standard InChI is InChI=1S/C6H5ClN4S/c1-12-6-9-5(7)4-2-3-8-11(4)10-6/h2-3H,1H3. The van der Waals surface area contributed by atoms with Gasteiger partial charge in [0.2, 0.25) is 5.16 Å². The molecule has 0 aliphatic heterocycles. The molecule has 0 unspecified atom stereocenters. The van der Waals surface area contributed by atoms with E-state index in [4.69, 9.17) is 11.6 Å². The Balaban J connectivity index is 2.75. The molecule has 0 aliphatic carbocycles. The Hall–Kier alpha value is -0.810. The molecule has 0 N–H and O–H groups in total. The maximum absolute atomic E-state index is 5.86. The van der Waals surface area contributed by atoms with Gasteiger partial charge in [0.05, 0.1) is 6.20 Å². The van der Waals surface area contributed by atoms with Crippen molar-refractivity contribution in [2.24, 2.45) is 0 Å². The molecular weight excluding hydrogens is 196 g/mol. The third-order valence-corrected chi connectivity index (χ3v) is 2.21. The van der Waals surface area contributed by atoms with E-state index in [1.54, 1.807) is 12.3 Å². The van der Waals surface area contributed by atoms with Crippen molar-refractivity contribution in [2.45, 2.75) is 5.16 Å². The zero-order valence-electron chi connectivity index (χ0n) is 6.23. The van der Waals surface area contributed by atoms with Crippen LogP contribution in [0.1, 0.15) is 0 Å². The van der Waals surface area contributed by atoms with Crippen molar-refractivity contribution in [1.82, 2.24) is 19.8 Å². The van der Waals surface area contributed by atoms with Gasteiger partial charge in [0.1, 0.15) is 5.52 Å². The number of halogens is 1. The van der Waals surface area contributed by atoms with Gasteiger partial charge in [-0.05, 0) is 12.3 Å². The van der Waals surface area contributed by atoms with Gasteiger partial charge in [0, 0.05) is 0 Å². The van der Waals surface area contributed by atoms with Gasteiger partial charge in [-0.15, -0.1) is 9.73 Å². The van der Waals surface area contributed by atoms with Crippen LogP contribution in [0.2, 0.25) is 5.15 Å². The molecule has 2 aromatic rings. The molecule has 0 spiro atoms. The van der Waals surface area contributed by atoms with E-state index in [2.05, 4.69) is 15.2 Å². The molecule has 0 aromatic carbocycles. The molecule has 0 bridgehead atoms. The summed E-state index contributed by atoms with van der Waals surface area (Å²) in [6, 6.07) is 1.77. The highest BCUT2D eigenvalue weighted by molar-refractivity contribution is 7.98. The number of aromatic nitrogens is 4. The second kappa shape index (κ2) is 2.91. The highest BCUT2D eigenvalue weighted by atomic mass is 35.5. The quantitative estimate of drug-likeness (QED) is 0.655. The van der Waals surface area contributed by atoms with E-state index in [0.717, 1.165) is 5.52 Å². The van der Waals surface area contributed by atoms with E-state index in [1.807, 2.05) is 6.26 Å². The Morgan fingerprint density at radius 3 is 3.17 bits per heavy atom. The lowest BCUT2D eigenvalue weighted by molar-refractivity contribution is 0.716. The van der Waals surface area contributed by atoms with Gasteiger partial charge in [-0.1, -0.05) is 23.4 Å². The van der Waals surface area contributed by atoms with E-state index in [-0.39, 0.29) is 0 Å². The molecule has 2 heterocycles. The van der Waals surface area contributed by atoms with Crippen LogP contribution in [0.25, 0.3) is 5.52 Å². The monoisotopic (exact) mass is 200 g/mol. The van der Waals surface area contributed by atoms with Gasteiger partial charge in [-0.3, -0.25) is 0 Å². The average molecular weight is 201 g/mol. The SMILES string of the molecule is CSc1nc(Cl)c2ccnn2n1. The molecular formula is C6H5ClN4S. The molecule has 0 aliphatic rings. The molecule has 0 radical (unpaired) electrons. The maximum atomic E-state index is 5.86. The maximum Gasteiger partial charge on any atom is 0.210 e. The fourth-order valence-corrected chi connectivity index (χ4v) is 1.47. The topological polar surface area (TPSA) is 43.1 Å². The average Bonchev–Trinajstić information content (AvgIpc) is 2.52. The van der Waals surface area contributed by atoms with Crippen LogP contribution in [0.15, 0.2) is 17.4 Å². The van der Waals surface area contributed by atoms with Gasteiger partial charge < -0.3 is 0 Å². The van der Waals surface area contributed by atoms with Crippen LogP contribution in [0.4, 0.5) is 0 Å². The van der Waals surface area contributed by atoms with Crippen molar-refractivity contribution in [3.8, 4) is 0 Å². The molecule has 0 saturated heterocycles. The molecule has 0 fully saturated rings. The summed E-state index contributed by atoms with van der Waals surface area (Å²) < 4.78 is 1.47. The lowest BCUT2D eigenvalue weighted by Gasteiger charge is -1.96. The van der Waals surface area contributed by atoms with Gasteiger partial charge in [-0.2, -0.15) is 5.10 Å². The summed E-state index contributed by atoms with van der Waals surface area (Å²) in [7, 11) is 0. The summed E-state index contributed by atoms with van der Waals surface area (Å²) in [5, 5.41) is 9.10. The van der Waals surface area contributed by atoms with E-state index in [0.29, 0.717) is 10.3 Å². The van der Waals surface area contributed by atoms with Crippen molar-refractivity contribution in [3.05, 3.63) is 17.4 Å². The van der Waals surface area contributed by atoms with Gasteiger partial charge in [0.25, 0.3) is 0 Å². The Morgan fingerprint density at radius 2 is 2.42 bits per heavy atom. The molecule has 12 heavy (non-hydrogen) atoms. The van der Waals surface area contributed by atoms with Crippen LogP contribution in [-0.2, 0) is 0 Å². The molecule has 62 valence electrons. The van der Waals surface area contributed by atoms with E-state index >= 15 is 0 Å². The van der Waals surface area contributed by atoms with Crippen molar-refractivity contribution >= 4 is 28.9 Å². The summed E-state index contributed by atoms with van der Waals surface area (Å²) in [5.74, 6) is 0. The number of fused-ring (bicyclic) bond motifs is 1. The summed E-state index contributed by atoms with van der Waals surface area (Å²) in [4.78, 5) is 4.05. The minimum absolute atomic E-state index is 0.437. The number of nitrogens with zero attached hydrogens (tertiary/aromatic N) is 4. The minimum atomic E-state index is 0.437.